The first-order valence-corrected chi connectivity index (χ1v) is 10.3. The van der Waals surface area contributed by atoms with Crippen molar-refractivity contribution < 1.29 is 13.9 Å². The summed E-state index contributed by atoms with van der Waals surface area (Å²) in [6.45, 7) is 4.24. The van der Waals surface area contributed by atoms with Crippen molar-refractivity contribution in [3.05, 3.63) is 29.6 Å². The first-order valence-electron chi connectivity index (χ1n) is 10.3. The Morgan fingerprint density at radius 1 is 1.32 bits per heavy atom. The molecule has 1 atom stereocenters. The third-order valence-corrected chi connectivity index (χ3v) is 5.52. The second-order valence-electron chi connectivity index (χ2n) is 7.52. The number of guanidine groups is 1. The van der Waals surface area contributed by atoms with E-state index in [2.05, 4.69) is 15.6 Å². The molecule has 28 heavy (non-hydrogen) atoms. The van der Waals surface area contributed by atoms with Gasteiger partial charge in [-0.15, -0.1) is 0 Å². The van der Waals surface area contributed by atoms with Gasteiger partial charge < -0.3 is 20.3 Å². The number of hydrogen-bond acceptors (Lipinski definition) is 3. The van der Waals surface area contributed by atoms with Crippen molar-refractivity contribution >= 4 is 11.9 Å². The lowest BCUT2D eigenvalue weighted by Gasteiger charge is -2.21. The summed E-state index contributed by atoms with van der Waals surface area (Å²) in [7, 11) is 1.71. The minimum atomic E-state index is -0.360. The number of rotatable bonds is 6. The van der Waals surface area contributed by atoms with Gasteiger partial charge in [-0.2, -0.15) is 0 Å². The van der Waals surface area contributed by atoms with Crippen LogP contribution in [0.2, 0.25) is 0 Å². The van der Waals surface area contributed by atoms with Gasteiger partial charge in [0.2, 0.25) is 5.91 Å². The van der Waals surface area contributed by atoms with E-state index in [-0.39, 0.29) is 23.5 Å². The number of amides is 1. The first-order chi connectivity index (χ1) is 13.6. The minimum Gasteiger partial charge on any atom is -0.491 e. The molecule has 0 aromatic heterocycles. The quantitative estimate of drug-likeness (QED) is 0.579. The van der Waals surface area contributed by atoms with Crippen molar-refractivity contribution in [3.8, 4) is 5.75 Å². The highest BCUT2D eigenvalue weighted by Crippen LogP contribution is 2.27. The number of aliphatic imine (C=N–C) groups is 1. The summed E-state index contributed by atoms with van der Waals surface area (Å²) in [5.74, 6) is 1.11. The molecule has 2 aliphatic rings. The molecular formula is C21H31FN4O2. The zero-order chi connectivity index (χ0) is 19.9. The smallest absolute Gasteiger partial charge is 0.225 e. The molecule has 1 amide bonds. The molecule has 7 heteroatoms. The fraction of sp³-hybridized carbons (Fsp3) is 0.619. The zero-order valence-corrected chi connectivity index (χ0v) is 16.8. The van der Waals surface area contributed by atoms with Crippen LogP contribution in [0.1, 0.15) is 44.6 Å². The van der Waals surface area contributed by atoms with Crippen LogP contribution in [0.3, 0.4) is 0 Å². The molecule has 1 aliphatic heterocycles. The lowest BCUT2D eigenvalue weighted by atomic mass is 10.1. The van der Waals surface area contributed by atoms with Crippen LogP contribution < -0.4 is 15.4 Å². The third kappa shape index (κ3) is 5.14. The van der Waals surface area contributed by atoms with Crippen LogP contribution >= 0.6 is 0 Å². The maximum absolute atomic E-state index is 14.0. The molecule has 1 unspecified atom stereocenters. The van der Waals surface area contributed by atoms with Gasteiger partial charge in [0.1, 0.15) is 0 Å². The molecule has 1 heterocycles. The van der Waals surface area contributed by atoms with E-state index in [9.17, 15) is 9.18 Å². The van der Waals surface area contributed by atoms with E-state index < -0.39 is 0 Å². The molecule has 1 aromatic carbocycles. The molecule has 0 radical (unpaired) electrons. The SMILES string of the molecule is CCOc1ccc(CNC(=NC)NC2CCN(C(=O)C3CCCC3)C2)cc1F. The fourth-order valence-corrected chi connectivity index (χ4v) is 4.01. The highest BCUT2D eigenvalue weighted by Gasteiger charge is 2.32. The number of likely N-dealkylation sites (tertiary alicyclic amines) is 1. The number of nitrogens with one attached hydrogen (secondary N) is 2. The molecule has 1 aromatic rings. The minimum absolute atomic E-state index is 0.189. The molecule has 1 saturated carbocycles. The van der Waals surface area contributed by atoms with Gasteiger partial charge in [0, 0.05) is 38.6 Å². The number of ether oxygens (including phenoxy) is 1. The number of nitrogens with zero attached hydrogens (tertiary/aromatic N) is 2. The first kappa shape index (κ1) is 20.4. The summed E-state index contributed by atoms with van der Waals surface area (Å²) in [6, 6.07) is 5.15. The van der Waals surface area contributed by atoms with Crippen LogP contribution in [0.25, 0.3) is 0 Å². The number of halogens is 1. The topological polar surface area (TPSA) is 66.0 Å². The third-order valence-electron chi connectivity index (χ3n) is 5.52. The molecule has 1 saturated heterocycles. The standard InChI is InChI=1S/C21H31FN4O2/c1-3-28-19-9-8-15(12-18(19)22)13-24-21(23-2)25-17-10-11-26(14-17)20(27)16-6-4-5-7-16/h8-9,12,16-17H,3-7,10-11,13-14H2,1-2H3,(H2,23,24,25). The van der Waals surface area contributed by atoms with E-state index in [4.69, 9.17) is 4.74 Å². The lowest BCUT2D eigenvalue weighted by molar-refractivity contribution is -0.134. The number of carbonyl (C=O) groups is 1. The molecule has 0 spiro atoms. The Balaban J connectivity index is 1.47. The van der Waals surface area contributed by atoms with Gasteiger partial charge >= 0.3 is 0 Å². The van der Waals surface area contributed by atoms with Gasteiger partial charge in [0.05, 0.1) is 6.61 Å². The Bertz CT molecular complexity index is 704. The summed E-state index contributed by atoms with van der Waals surface area (Å²) < 4.78 is 19.2. The monoisotopic (exact) mass is 390 g/mol. The van der Waals surface area contributed by atoms with Crippen molar-refractivity contribution in [2.24, 2.45) is 10.9 Å². The Morgan fingerprint density at radius 2 is 2.11 bits per heavy atom. The Kier molecular flexibility index (Phi) is 7.12. The van der Waals surface area contributed by atoms with E-state index in [1.165, 1.54) is 18.9 Å². The Morgan fingerprint density at radius 3 is 2.79 bits per heavy atom. The molecular weight excluding hydrogens is 359 g/mol. The molecule has 2 fully saturated rings. The van der Waals surface area contributed by atoms with Gasteiger partial charge in [-0.05, 0) is 43.9 Å². The molecule has 0 bridgehead atoms. The predicted molar refractivity (Wildman–Crippen MR) is 108 cm³/mol. The predicted octanol–water partition coefficient (Wildman–Crippen LogP) is 2.68. The van der Waals surface area contributed by atoms with E-state index in [1.807, 2.05) is 17.9 Å². The molecule has 1 aliphatic carbocycles. The summed E-state index contributed by atoms with van der Waals surface area (Å²) in [6.07, 6.45) is 5.34. The van der Waals surface area contributed by atoms with E-state index in [0.717, 1.165) is 31.4 Å². The summed E-state index contributed by atoms with van der Waals surface area (Å²) in [4.78, 5) is 18.8. The Labute approximate surface area is 166 Å². The normalized spacial score (nSPS) is 20.5. The van der Waals surface area contributed by atoms with Gasteiger partial charge in [0.25, 0.3) is 0 Å². The van der Waals surface area contributed by atoms with Crippen LogP contribution in [0.4, 0.5) is 4.39 Å². The number of benzene rings is 1. The zero-order valence-electron chi connectivity index (χ0n) is 16.8. The van der Waals surface area contributed by atoms with Crippen molar-refractivity contribution in [3.63, 3.8) is 0 Å². The second kappa shape index (κ2) is 9.75. The van der Waals surface area contributed by atoms with E-state index >= 15 is 0 Å². The van der Waals surface area contributed by atoms with E-state index in [0.29, 0.717) is 31.6 Å². The average molecular weight is 391 g/mol. The largest absolute Gasteiger partial charge is 0.491 e. The van der Waals surface area contributed by atoms with Gasteiger partial charge in [-0.3, -0.25) is 9.79 Å². The summed E-state index contributed by atoms with van der Waals surface area (Å²) in [5.41, 5.74) is 0.813. The highest BCUT2D eigenvalue weighted by atomic mass is 19.1. The van der Waals surface area contributed by atoms with Gasteiger partial charge in [-0.25, -0.2) is 4.39 Å². The van der Waals surface area contributed by atoms with Crippen LogP contribution in [0, 0.1) is 11.7 Å². The molecule has 2 N–H and O–H groups in total. The molecule has 3 rings (SSSR count). The Hall–Kier alpha value is -2.31. The summed E-state index contributed by atoms with van der Waals surface area (Å²) in [5, 5.41) is 6.60. The number of hydrogen-bond donors (Lipinski definition) is 2. The van der Waals surface area contributed by atoms with Crippen molar-refractivity contribution in [2.45, 2.75) is 51.6 Å². The van der Waals surface area contributed by atoms with Crippen molar-refractivity contribution in [1.29, 1.82) is 0 Å². The molecule has 6 nitrogen and oxygen atoms in total. The highest BCUT2D eigenvalue weighted by molar-refractivity contribution is 5.81. The van der Waals surface area contributed by atoms with Gasteiger partial charge in [0.15, 0.2) is 17.5 Å². The second-order valence-corrected chi connectivity index (χ2v) is 7.52. The number of carbonyl (C=O) groups excluding carboxylic acids is 1. The maximum atomic E-state index is 14.0. The molecule has 154 valence electrons. The lowest BCUT2D eigenvalue weighted by Crippen LogP contribution is -2.45. The van der Waals surface area contributed by atoms with Crippen LogP contribution in [-0.4, -0.2) is 49.6 Å². The maximum Gasteiger partial charge on any atom is 0.225 e. The van der Waals surface area contributed by atoms with Crippen molar-refractivity contribution in [2.75, 3.05) is 26.7 Å². The summed E-state index contributed by atoms with van der Waals surface area (Å²) >= 11 is 0. The van der Waals surface area contributed by atoms with Crippen LogP contribution in [-0.2, 0) is 11.3 Å². The average Bonchev–Trinajstić information content (AvgIpc) is 3.39. The van der Waals surface area contributed by atoms with Gasteiger partial charge in [-0.1, -0.05) is 18.9 Å². The van der Waals surface area contributed by atoms with Crippen LogP contribution in [0.15, 0.2) is 23.2 Å². The van der Waals surface area contributed by atoms with Crippen LogP contribution in [0.5, 0.6) is 5.75 Å². The fourth-order valence-electron chi connectivity index (χ4n) is 4.01. The van der Waals surface area contributed by atoms with E-state index in [1.54, 1.807) is 13.1 Å². The van der Waals surface area contributed by atoms with Crippen molar-refractivity contribution in [1.82, 2.24) is 15.5 Å².